The summed E-state index contributed by atoms with van der Waals surface area (Å²) in [6, 6.07) is 1.02. The van der Waals surface area contributed by atoms with Gasteiger partial charge in [0.2, 0.25) is 5.88 Å². The Hall–Kier alpha value is -1.69. The maximum atomic E-state index is 10.9. The molecule has 0 atom stereocenters. The summed E-state index contributed by atoms with van der Waals surface area (Å²) >= 11 is 1.34. The third kappa shape index (κ3) is 1.57. The van der Waals surface area contributed by atoms with Crippen molar-refractivity contribution in [2.75, 3.05) is 0 Å². The van der Waals surface area contributed by atoms with Gasteiger partial charge in [-0.15, -0.1) is 11.3 Å². The van der Waals surface area contributed by atoms with Gasteiger partial charge in [0, 0.05) is 6.20 Å². The highest BCUT2D eigenvalue weighted by Gasteiger charge is 2.03. The van der Waals surface area contributed by atoms with Crippen LogP contribution in [0.2, 0.25) is 0 Å². The molecule has 0 aliphatic carbocycles. The van der Waals surface area contributed by atoms with Gasteiger partial charge >= 0.3 is 0 Å². The number of nitrogens with zero attached hydrogens (tertiary/aromatic N) is 2. The number of rotatable bonds is 1. The van der Waals surface area contributed by atoms with Crippen LogP contribution in [0.5, 0.6) is 5.88 Å². The predicted molar refractivity (Wildman–Crippen MR) is 47.6 cm³/mol. The summed E-state index contributed by atoms with van der Waals surface area (Å²) < 4.78 is 0. The van der Waals surface area contributed by atoms with Crippen molar-refractivity contribution >= 4 is 11.3 Å². The lowest BCUT2D eigenvalue weighted by molar-refractivity contribution is 0.452. The van der Waals surface area contributed by atoms with Crippen molar-refractivity contribution in [3.63, 3.8) is 0 Å². The second-order valence-electron chi connectivity index (χ2n) is 2.32. The highest BCUT2D eigenvalue weighted by atomic mass is 32.1. The van der Waals surface area contributed by atoms with Gasteiger partial charge in [-0.25, -0.2) is 0 Å². The first kappa shape index (κ1) is 7.93. The summed E-state index contributed by atoms with van der Waals surface area (Å²) in [4.78, 5) is 21.7. The summed E-state index contributed by atoms with van der Waals surface area (Å²) in [6.07, 6.45) is 1.57. The molecule has 2 aromatic heterocycles. The molecule has 0 spiro atoms. The predicted octanol–water partition coefficient (Wildman–Crippen LogP) is 0.599. The van der Waals surface area contributed by atoms with Crippen LogP contribution in [0, 0.1) is 0 Å². The van der Waals surface area contributed by atoms with Crippen molar-refractivity contribution in [2.45, 2.75) is 0 Å². The van der Waals surface area contributed by atoms with E-state index in [1.165, 1.54) is 11.3 Å². The first-order chi connectivity index (χ1) is 6.25. The van der Waals surface area contributed by atoms with Gasteiger partial charge in [-0.05, 0) is 0 Å². The summed E-state index contributed by atoms with van der Waals surface area (Å²) in [5.74, 6) is 0.0552. The van der Waals surface area contributed by atoms with Gasteiger partial charge < -0.3 is 10.1 Å². The molecule has 0 radical (unpaired) electrons. The van der Waals surface area contributed by atoms with Crippen molar-refractivity contribution in [3.8, 4) is 16.6 Å². The van der Waals surface area contributed by atoms with Gasteiger partial charge in [-0.2, -0.15) is 4.98 Å². The average Bonchev–Trinajstić information content (AvgIpc) is 2.53. The van der Waals surface area contributed by atoms with E-state index in [9.17, 15) is 4.79 Å². The van der Waals surface area contributed by atoms with E-state index in [-0.39, 0.29) is 11.4 Å². The normalized spacial score (nSPS) is 10.2. The molecule has 0 aliphatic rings. The quantitative estimate of drug-likeness (QED) is 0.698. The molecule has 2 rings (SSSR count). The fourth-order valence-corrected chi connectivity index (χ4v) is 1.46. The van der Waals surface area contributed by atoms with Crippen LogP contribution in [-0.2, 0) is 0 Å². The van der Waals surface area contributed by atoms with Gasteiger partial charge in [0.15, 0.2) is 5.82 Å². The first-order valence-electron chi connectivity index (χ1n) is 3.45. The highest BCUT2D eigenvalue weighted by molar-refractivity contribution is 7.13. The zero-order valence-electron chi connectivity index (χ0n) is 6.39. The van der Waals surface area contributed by atoms with E-state index in [4.69, 9.17) is 5.11 Å². The first-order valence-corrected chi connectivity index (χ1v) is 4.33. The molecule has 0 aromatic carbocycles. The number of nitrogens with one attached hydrogen (secondary N) is 1. The zero-order valence-corrected chi connectivity index (χ0v) is 7.21. The lowest BCUT2D eigenvalue weighted by Crippen LogP contribution is -2.05. The van der Waals surface area contributed by atoms with Crippen molar-refractivity contribution in [3.05, 3.63) is 28.1 Å². The van der Waals surface area contributed by atoms with Crippen LogP contribution < -0.4 is 5.56 Å². The number of aromatic amines is 1. The van der Waals surface area contributed by atoms with Crippen LogP contribution in [0.3, 0.4) is 0 Å². The standard InChI is InChI=1S/C7H5N3O2S/c11-5-1-6(12)10-7(9-5)4-2-8-3-13-4/h1-3H,(H2,9,10,11,12). The van der Waals surface area contributed by atoms with Crippen LogP contribution in [0.1, 0.15) is 0 Å². The maximum absolute atomic E-state index is 10.9. The molecule has 0 fully saturated rings. The van der Waals surface area contributed by atoms with Gasteiger partial charge in [-0.1, -0.05) is 0 Å². The maximum Gasteiger partial charge on any atom is 0.254 e. The van der Waals surface area contributed by atoms with E-state index in [0.717, 1.165) is 6.07 Å². The average molecular weight is 195 g/mol. The summed E-state index contributed by atoms with van der Waals surface area (Å²) in [6.45, 7) is 0. The number of thiazole rings is 1. The molecule has 0 unspecified atom stereocenters. The molecule has 0 aliphatic heterocycles. The largest absolute Gasteiger partial charge is 0.493 e. The molecule has 5 nitrogen and oxygen atoms in total. The Balaban J connectivity index is 2.59. The van der Waals surface area contributed by atoms with Crippen LogP contribution in [-0.4, -0.2) is 20.1 Å². The third-order valence-corrected chi connectivity index (χ3v) is 2.17. The lowest BCUT2D eigenvalue weighted by atomic mass is 10.5. The molecule has 2 N–H and O–H groups in total. The molecule has 66 valence electrons. The van der Waals surface area contributed by atoms with Crippen LogP contribution in [0.4, 0.5) is 0 Å². The number of hydrogen-bond acceptors (Lipinski definition) is 5. The van der Waals surface area contributed by atoms with Gasteiger partial charge in [0.1, 0.15) is 0 Å². The smallest absolute Gasteiger partial charge is 0.254 e. The zero-order chi connectivity index (χ0) is 9.26. The van der Waals surface area contributed by atoms with Gasteiger partial charge in [-0.3, -0.25) is 9.78 Å². The Bertz CT molecular complexity index is 463. The van der Waals surface area contributed by atoms with E-state index in [1.54, 1.807) is 11.7 Å². The molecule has 2 heterocycles. The van der Waals surface area contributed by atoms with Gasteiger partial charge in [0.25, 0.3) is 5.56 Å². The van der Waals surface area contributed by atoms with E-state index < -0.39 is 0 Å². The minimum absolute atomic E-state index is 0.285. The van der Waals surface area contributed by atoms with Crippen molar-refractivity contribution in [1.29, 1.82) is 0 Å². The topological polar surface area (TPSA) is 78.9 Å². The number of aromatic hydroxyl groups is 1. The van der Waals surface area contributed by atoms with Crippen LogP contribution in [0.15, 0.2) is 22.6 Å². The molecule has 0 saturated carbocycles. The van der Waals surface area contributed by atoms with Crippen LogP contribution in [0.25, 0.3) is 10.7 Å². The Morgan fingerprint density at radius 2 is 2.38 bits per heavy atom. The second kappa shape index (κ2) is 2.98. The van der Waals surface area contributed by atoms with E-state index >= 15 is 0 Å². The fraction of sp³-hybridized carbons (Fsp3) is 0. The SMILES string of the molecule is O=c1cc(O)nc(-c2cncs2)[nH]1. The van der Waals surface area contributed by atoms with Crippen molar-refractivity contribution in [1.82, 2.24) is 15.0 Å². The molecular formula is C7H5N3O2S. The monoisotopic (exact) mass is 195 g/mol. The highest BCUT2D eigenvalue weighted by Crippen LogP contribution is 2.18. The lowest BCUT2D eigenvalue weighted by Gasteiger charge is -1.95. The second-order valence-corrected chi connectivity index (χ2v) is 3.20. The summed E-state index contributed by atoms with van der Waals surface area (Å²) in [5.41, 5.74) is 1.25. The van der Waals surface area contributed by atoms with E-state index in [1.807, 2.05) is 0 Å². The number of aromatic nitrogens is 3. The minimum Gasteiger partial charge on any atom is -0.493 e. The molecule has 13 heavy (non-hydrogen) atoms. The summed E-state index contributed by atoms with van der Waals surface area (Å²) in [7, 11) is 0. The number of hydrogen-bond donors (Lipinski definition) is 2. The molecule has 2 aromatic rings. The van der Waals surface area contributed by atoms with Crippen LogP contribution >= 0.6 is 11.3 Å². The Labute approximate surface area is 76.7 Å². The Kier molecular flexibility index (Phi) is 1.82. The number of H-pyrrole nitrogens is 1. The molecule has 0 saturated heterocycles. The van der Waals surface area contributed by atoms with E-state index in [0.29, 0.717) is 10.7 Å². The third-order valence-electron chi connectivity index (χ3n) is 1.39. The minimum atomic E-state index is -0.379. The Morgan fingerprint density at radius 3 is 3.00 bits per heavy atom. The molecule has 6 heteroatoms. The van der Waals surface area contributed by atoms with Crippen molar-refractivity contribution in [2.24, 2.45) is 0 Å². The van der Waals surface area contributed by atoms with Gasteiger partial charge in [0.05, 0.1) is 16.5 Å². The van der Waals surface area contributed by atoms with E-state index in [2.05, 4.69) is 15.0 Å². The Morgan fingerprint density at radius 1 is 1.54 bits per heavy atom. The van der Waals surface area contributed by atoms with Crippen molar-refractivity contribution < 1.29 is 5.11 Å². The fourth-order valence-electron chi connectivity index (χ4n) is 0.894. The summed E-state index contributed by atoms with van der Waals surface area (Å²) in [5, 5.41) is 9.05. The molecular weight excluding hydrogens is 190 g/mol. The molecule has 0 amide bonds. The molecule has 0 bridgehead atoms.